The van der Waals surface area contributed by atoms with Gasteiger partial charge in [0.2, 0.25) is 0 Å². The summed E-state index contributed by atoms with van der Waals surface area (Å²) in [6, 6.07) is 4.97. The van der Waals surface area contributed by atoms with E-state index in [9.17, 15) is 0 Å². The molecule has 19 heavy (non-hydrogen) atoms. The zero-order chi connectivity index (χ0) is 13.8. The molecule has 5 nitrogen and oxygen atoms in total. The molecule has 1 aromatic heterocycles. The van der Waals surface area contributed by atoms with Gasteiger partial charge in [-0.25, -0.2) is 0 Å². The van der Waals surface area contributed by atoms with Gasteiger partial charge in [-0.05, 0) is 6.07 Å². The molecule has 1 atom stereocenters. The maximum Gasteiger partial charge on any atom is 0.131 e. The Morgan fingerprint density at radius 1 is 1.05 bits per heavy atom. The maximum absolute atomic E-state index is 6.24. The molecule has 5 heteroatoms. The lowest BCUT2D eigenvalue weighted by atomic mass is 9.99. The molecule has 0 saturated carbocycles. The molecular weight excluding hydrogens is 246 g/mol. The molecule has 1 heterocycles. The van der Waals surface area contributed by atoms with Gasteiger partial charge < -0.3 is 24.4 Å². The summed E-state index contributed by atoms with van der Waals surface area (Å²) in [5, 5.41) is 0. The zero-order valence-electron chi connectivity index (χ0n) is 11.2. The van der Waals surface area contributed by atoms with E-state index >= 15 is 0 Å². The third-order valence-corrected chi connectivity index (χ3v) is 2.97. The van der Waals surface area contributed by atoms with E-state index in [1.54, 1.807) is 46.0 Å². The molecule has 0 spiro atoms. The molecule has 102 valence electrons. The molecule has 1 aromatic carbocycles. The first-order valence-corrected chi connectivity index (χ1v) is 5.78. The lowest BCUT2D eigenvalue weighted by Crippen LogP contribution is -2.14. The second kappa shape index (κ2) is 5.67. The van der Waals surface area contributed by atoms with Crippen LogP contribution in [0.1, 0.15) is 17.2 Å². The SMILES string of the molecule is COc1cc(OC)c(C(N)c2ccoc2)c(OC)c1. The van der Waals surface area contributed by atoms with Gasteiger partial charge in [0.15, 0.2) is 0 Å². The van der Waals surface area contributed by atoms with Gasteiger partial charge in [-0.15, -0.1) is 0 Å². The largest absolute Gasteiger partial charge is 0.496 e. The summed E-state index contributed by atoms with van der Waals surface area (Å²) in [5.41, 5.74) is 7.85. The summed E-state index contributed by atoms with van der Waals surface area (Å²) in [7, 11) is 4.75. The third kappa shape index (κ3) is 2.51. The maximum atomic E-state index is 6.24. The lowest BCUT2D eigenvalue weighted by Gasteiger charge is -2.19. The Morgan fingerprint density at radius 2 is 1.68 bits per heavy atom. The predicted molar refractivity (Wildman–Crippen MR) is 70.8 cm³/mol. The van der Waals surface area contributed by atoms with Crippen LogP contribution in [-0.2, 0) is 0 Å². The number of furan rings is 1. The number of benzene rings is 1. The fourth-order valence-corrected chi connectivity index (χ4v) is 1.96. The van der Waals surface area contributed by atoms with Crippen LogP contribution in [-0.4, -0.2) is 21.3 Å². The molecule has 0 amide bonds. The third-order valence-electron chi connectivity index (χ3n) is 2.97. The van der Waals surface area contributed by atoms with Gasteiger partial charge in [0.05, 0.1) is 45.5 Å². The van der Waals surface area contributed by atoms with E-state index in [1.165, 1.54) is 0 Å². The van der Waals surface area contributed by atoms with E-state index in [2.05, 4.69) is 0 Å². The summed E-state index contributed by atoms with van der Waals surface area (Å²) in [4.78, 5) is 0. The molecule has 0 bridgehead atoms. The van der Waals surface area contributed by atoms with Crippen molar-refractivity contribution in [3.8, 4) is 17.2 Å². The molecule has 0 aliphatic carbocycles. The Hall–Kier alpha value is -2.14. The number of hydrogen-bond acceptors (Lipinski definition) is 5. The molecule has 0 radical (unpaired) electrons. The lowest BCUT2D eigenvalue weighted by molar-refractivity contribution is 0.366. The van der Waals surface area contributed by atoms with Crippen molar-refractivity contribution in [3.05, 3.63) is 41.9 Å². The van der Waals surface area contributed by atoms with Crippen LogP contribution in [0.5, 0.6) is 17.2 Å². The monoisotopic (exact) mass is 263 g/mol. The fraction of sp³-hybridized carbons (Fsp3) is 0.286. The standard InChI is InChI=1S/C14H17NO4/c1-16-10-6-11(17-2)13(12(7-10)18-3)14(15)9-4-5-19-8-9/h4-8,14H,15H2,1-3H3. The van der Waals surface area contributed by atoms with Crippen LogP contribution < -0.4 is 19.9 Å². The number of ether oxygens (including phenoxy) is 3. The molecule has 0 saturated heterocycles. The highest BCUT2D eigenvalue weighted by Gasteiger charge is 2.21. The van der Waals surface area contributed by atoms with Crippen molar-refractivity contribution in [2.45, 2.75) is 6.04 Å². The van der Waals surface area contributed by atoms with Gasteiger partial charge in [0.25, 0.3) is 0 Å². The van der Waals surface area contributed by atoms with Crippen molar-refractivity contribution in [3.63, 3.8) is 0 Å². The minimum absolute atomic E-state index is 0.394. The summed E-state index contributed by atoms with van der Waals surface area (Å²) >= 11 is 0. The zero-order valence-corrected chi connectivity index (χ0v) is 11.2. The van der Waals surface area contributed by atoms with Crippen molar-refractivity contribution >= 4 is 0 Å². The van der Waals surface area contributed by atoms with Crippen LogP contribution in [0.2, 0.25) is 0 Å². The Kier molecular flexibility index (Phi) is 3.97. The molecular formula is C14H17NO4. The average Bonchev–Trinajstić information content (AvgIpc) is 2.99. The van der Waals surface area contributed by atoms with Gasteiger partial charge in [-0.3, -0.25) is 0 Å². The van der Waals surface area contributed by atoms with Crippen LogP contribution in [0.4, 0.5) is 0 Å². The van der Waals surface area contributed by atoms with Gasteiger partial charge in [0.1, 0.15) is 17.2 Å². The van der Waals surface area contributed by atoms with Gasteiger partial charge in [0, 0.05) is 17.7 Å². The number of hydrogen-bond donors (Lipinski definition) is 1. The first-order chi connectivity index (χ1) is 9.21. The smallest absolute Gasteiger partial charge is 0.131 e. The van der Waals surface area contributed by atoms with E-state index in [0.717, 1.165) is 11.1 Å². The second-order valence-corrected chi connectivity index (χ2v) is 3.98. The van der Waals surface area contributed by atoms with Crippen LogP contribution in [0.3, 0.4) is 0 Å². The number of methoxy groups -OCH3 is 3. The van der Waals surface area contributed by atoms with E-state index in [-0.39, 0.29) is 0 Å². The van der Waals surface area contributed by atoms with Crippen molar-refractivity contribution < 1.29 is 18.6 Å². The topological polar surface area (TPSA) is 66.9 Å². The van der Waals surface area contributed by atoms with Crippen molar-refractivity contribution in [1.29, 1.82) is 0 Å². The highest BCUT2D eigenvalue weighted by molar-refractivity contribution is 5.54. The molecule has 2 aromatic rings. The predicted octanol–water partition coefficient (Wildman–Crippen LogP) is 2.35. The summed E-state index contributed by atoms with van der Waals surface area (Å²) in [5.74, 6) is 1.88. The minimum atomic E-state index is -0.394. The fourth-order valence-electron chi connectivity index (χ4n) is 1.96. The molecule has 0 aliphatic heterocycles. The van der Waals surface area contributed by atoms with Crippen molar-refractivity contribution in [2.24, 2.45) is 5.73 Å². The Morgan fingerprint density at radius 3 is 2.11 bits per heavy atom. The molecule has 0 fully saturated rings. The van der Waals surface area contributed by atoms with E-state index in [4.69, 9.17) is 24.4 Å². The van der Waals surface area contributed by atoms with E-state index in [1.807, 2.05) is 6.07 Å². The first-order valence-electron chi connectivity index (χ1n) is 5.78. The molecule has 2 N–H and O–H groups in total. The van der Waals surface area contributed by atoms with E-state index in [0.29, 0.717) is 17.2 Å². The quantitative estimate of drug-likeness (QED) is 0.897. The average molecular weight is 263 g/mol. The summed E-state index contributed by atoms with van der Waals surface area (Å²) in [6.45, 7) is 0. The highest BCUT2D eigenvalue weighted by atomic mass is 16.5. The first kappa shape index (κ1) is 13.3. The van der Waals surface area contributed by atoms with Gasteiger partial charge in [-0.2, -0.15) is 0 Å². The number of nitrogens with two attached hydrogens (primary N) is 1. The van der Waals surface area contributed by atoms with Crippen molar-refractivity contribution in [1.82, 2.24) is 0 Å². The molecule has 0 aliphatic rings. The summed E-state index contributed by atoms with van der Waals surface area (Å²) < 4.78 is 21.0. The van der Waals surface area contributed by atoms with E-state index < -0.39 is 6.04 Å². The normalized spacial score (nSPS) is 12.0. The Bertz CT molecular complexity index is 511. The van der Waals surface area contributed by atoms with Gasteiger partial charge >= 0.3 is 0 Å². The van der Waals surface area contributed by atoms with Crippen LogP contribution in [0.25, 0.3) is 0 Å². The molecule has 1 unspecified atom stereocenters. The minimum Gasteiger partial charge on any atom is -0.496 e. The van der Waals surface area contributed by atoms with Crippen molar-refractivity contribution in [2.75, 3.05) is 21.3 Å². The summed E-state index contributed by atoms with van der Waals surface area (Å²) in [6.07, 6.45) is 3.19. The van der Waals surface area contributed by atoms with Gasteiger partial charge in [-0.1, -0.05) is 0 Å². The number of rotatable bonds is 5. The molecule has 2 rings (SSSR count). The van der Waals surface area contributed by atoms with Crippen LogP contribution in [0, 0.1) is 0 Å². The Balaban J connectivity index is 2.54. The van der Waals surface area contributed by atoms with Crippen LogP contribution in [0.15, 0.2) is 35.1 Å². The second-order valence-electron chi connectivity index (χ2n) is 3.98. The van der Waals surface area contributed by atoms with Crippen LogP contribution >= 0.6 is 0 Å². The Labute approximate surface area is 111 Å². The highest BCUT2D eigenvalue weighted by Crippen LogP contribution is 2.39.